The van der Waals surface area contributed by atoms with Gasteiger partial charge in [0.15, 0.2) is 5.96 Å². The SMILES string of the molecule is COc1ccc(NC(N)=NCCC2CCS(=O)(=O)CC2)cc1. The summed E-state index contributed by atoms with van der Waals surface area (Å²) in [6, 6.07) is 7.43. The minimum atomic E-state index is -2.79. The van der Waals surface area contributed by atoms with Gasteiger partial charge in [-0.3, -0.25) is 4.99 Å². The Morgan fingerprint density at radius 2 is 1.95 bits per heavy atom. The van der Waals surface area contributed by atoms with Crippen LogP contribution < -0.4 is 15.8 Å². The highest BCUT2D eigenvalue weighted by atomic mass is 32.2. The molecule has 122 valence electrons. The summed E-state index contributed by atoms with van der Waals surface area (Å²) in [7, 11) is -1.17. The Kier molecular flexibility index (Phi) is 5.65. The number of nitrogens with two attached hydrogens (primary N) is 1. The molecule has 0 aromatic heterocycles. The van der Waals surface area contributed by atoms with Crippen molar-refractivity contribution in [2.24, 2.45) is 16.6 Å². The number of guanidine groups is 1. The number of ether oxygens (including phenoxy) is 1. The summed E-state index contributed by atoms with van der Waals surface area (Å²) in [5.74, 6) is 2.20. The molecule has 1 aromatic carbocycles. The minimum Gasteiger partial charge on any atom is -0.497 e. The zero-order valence-corrected chi connectivity index (χ0v) is 13.6. The van der Waals surface area contributed by atoms with Gasteiger partial charge in [0.05, 0.1) is 18.6 Å². The van der Waals surface area contributed by atoms with Crippen LogP contribution in [-0.4, -0.2) is 39.5 Å². The average Bonchev–Trinajstić information content (AvgIpc) is 2.50. The van der Waals surface area contributed by atoms with Crippen LogP contribution in [0.3, 0.4) is 0 Å². The second-order valence-corrected chi connectivity index (χ2v) is 7.81. The number of hydrogen-bond donors (Lipinski definition) is 2. The van der Waals surface area contributed by atoms with Crippen molar-refractivity contribution in [3.63, 3.8) is 0 Å². The van der Waals surface area contributed by atoms with Crippen molar-refractivity contribution >= 4 is 21.5 Å². The van der Waals surface area contributed by atoms with E-state index in [1.54, 1.807) is 7.11 Å². The van der Waals surface area contributed by atoms with Crippen LogP contribution in [0.5, 0.6) is 5.75 Å². The van der Waals surface area contributed by atoms with Gasteiger partial charge in [-0.05, 0) is 49.4 Å². The molecule has 6 nitrogen and oxygen atoms in total. The molecule has 0 amide bonds. The van der Waals surface area contributed by atoms with Crippen molar-refractivity contribution in [2.45, 2.75) is 19.3 Å². The van der Waals surface area contributed by atoms with E-state index >= 15 is 0 Å². The maximum atomic E-state index is 11.4. The van der Waals surface area contributed by atoms with E-state index in [4.69, 9.17) is 10.5 Å². The first-order chi connectivity index (χ1) is 10.5. The molecule has 0 radical (unpaired) electrons. The van der Waals surface area contributed by atoms with E-state index in [1.807, 2.05) is 24.3 Å². The third-order valence-electron chi connectivity index (χ3n) is 3.86. The van der Waals surface area contributed by atoms with E-state index in [1.165, 1.54) is 0 Å². The first-order valence-corrected chi connectivity index (χ1v) is 9.22. The molecular formula is C15H23N3O3S. The van der Waals surface area contributed by atoms with Crippen molar-refractivity contribution in [2.75, 3.05) is 30.5 Å². The molecule has 0 bridgehead atoms. The summed E-state index contributed by atoms with van der Waals surface area (Å²) in [5, 5.41) is 3.02. The molecule has 3 N–H and O–H groups in total. The highest BCUT2D eigenvalue weighted by molar-refractivity contribution is 7.91. The van der Waals surface area contributed by atoms with Crippen molar-refractivity contribution in [1.82, 2.24) is 0 Å². The van der Waals surface area contributed by atoms with Crippen LogP contribution in [0.1, 0.15) is 19.3 Å². The number of sulfone groups is 1. The molecule has 0 atom stereocenters. The molecule has 1 aliphatic heterocycles. The van der Waals surface area contributed by atoms with Crippen LogP contribution in [-0.2, 0) is 9.84 Å². The first kappa shape index (κ1) is 16.6. The summed E-state index contributed by atoms with van der Waals surface area (Å²) in [6.45, 7) is 0.611. The Bertz CT molecular complexity index is 597. The summed E-state index contributed by atoms with van der Waals surface area (Å²) >= 11 is 0. The molecule has 22 heavy (non-hydrogen) atoms. The molecule has 1 saturated heterocycles. The third kappa shape index (κ3) is 5.22. The topological polar surface area (TPSA) is 93.8 Å². The Morgan fingerprint density at radius 3 is 2.55 bits per heavy atom. The first-order valence-electron chi connectivity index (χ1n) is 7.40. The van der Waals surface area contributed by atoms with E-state index in [0.717, 1.165) is 30.7 Å². The third-order valence-corrected chi connectivity index (χ3v) is 5.57. The van der Waals surface area contributed by atoms with Crippen molar-refractivity contribution < 1.29 is 13.2 Å². The summed E-state index contributed by atoms with van der Waals surface area (Å²) < 4.78 is 27.8. The fraction of sp³-hybridized carbons (Fsp3) is 0.533. The van der Waals surface area contributed by atoms with Gasteiger partial charge in [0.25, 0.3) is 0 Å². The van der Waals surface area contributed by atoms with Gasteiger partial charge >= 0.3 is 0 Å². The normalized spacial score (nSPS) is 18.9. The number of benzene rings is 1. The average molecular weight is 325 g/mol. The Balaban J connectivity index is 1.75. The number of nitrogens with one attached hydrogen (secondary N) is 1. The second-order valence-electron chi connectivity index (χ2n) is 5.50. The molecule has 0 spiro atoms. The van der Waals surface area contributed by atoms with Crippen molar-refractivity contribution in [3.8, 4) is 5.75 Å². The van der Waals surface area contributed by atoms with E-state index in [2.05, 4.69) is 10.3 Å². The van der Waals surface area contributed by atoms with Gasteiger partial charge in [0.2, 0.25) is 0 Å². The van der Waals surface area contributed by atoms with E-state index < -0.39 is 9.84 Å². The fourth-order valence-corrected chi connectivity index (χ4v) is 4.05. The minimum absolute atomic E-state index is 0.307. The van der Waals surface area contributed by atoms with Crippen LogP contribution in [0.15, 0.2) is 29.3 Å². The van der Waals surface area contributed by atoms with Crippen LogP contribution in [0.2, 0.25) is 0 Å². The molecule has 1 aliphatic rings. The molecule has 0 saturated carbocycles. The van der Waals surface area contributed by atoms with Gasteiger partial charge in [0.1, 0.15) is 15.6 Å². The maximum absolute atomic E-state index is 11.4. The van der Waals surface area contributed by atoms with Crippen LogP contribution >= 0.6 is 0 Å². The Morgan fingerprint density at radius 1 is 1.32 bits per heavy atom. The number of rotatable bonds is 5. The van der Waals surface area contributed by atoms with Crippen molar-refractivity contribution in [1.29, 1.82) is 0 Å². The standard InChI is InChI=1S/C15H23N3O3S/c1-21-14-4-2-13(3-5-14)18-15(16)17-9-6-12-7-10-22(19,20)11-8-12/h2-5,12H,6-11H2,1H3,(H3,16,17,18). The van der Waals surface area contributed by atoms with Crippen LogP contribution in [0.4, 0.5) is 5.69 Å². The van der Waals surface area contributed by atoms with Gasteiger partial charge in [-0.15, -0.1) is 0 Å². The largest absolute Gasteiger partial charge is 0.497 e. The quantitative estimate of drug-likeness (QED) is 0.634. The molecular weight excluding hydrogens is 302 g/mol. The molecule has 2 rings (SSSR count). The van der Waals surface area contributed by atoms with Crippen LogP contribution in [0, 0.1) is 5.92 Å². The predicted molar refractivity (Wildman–Crippen MR) is 89.1 cm³/mol. The van der Waals surface area contributed by atoms with Gasteiger partial charge in [-0.1, -0.05) is 0 Å². The molecule has 0 aliphatic carbocycles. The number of methoxy groups -OCH3 is 1. The monoisotopic (exact) mass is 325 g/mol. The Labute approximate surface area is 131 Å². The zero-order chi connectivity index (χ0) is 16.0. The second kappa shape index (κ2) is 7.49. The highest BCUT2D eigenvalue weighted by Crippen LogP contribution is 2.21. The molecule has 1 fully saturated rings. The maximum Gasteiger partial charge on any atom is 0.193 e. The fourth-order valence-electron chi connectivity index (χ4n) is 2.46. The molecule has 1 aromatic rings. The predicted octanol–water partition coefficient (Wildman–Crippen LogP) is 1.64. The van der Waals surface area contributed by atoms with E-state index in [-0.39, 0.29) is 0 Å². The summed E-state index contributed by atoms with van der Waals surface area (Å²) in [4.78, 5) is 4.30. The van der Waals surface area contributed by atoms with Crippen LogP contribution in [0.25, 0.3) is 0 Å². The molecule has 1 heterocycles. The molecule has 7 heteroatoms. The van der Waals surface area contributed by atoms with Gasteiger partial charge in [-0.2, -0.15) is 0 Å². The Hall–Kier alpha value is -1.76. The smallest absolute Gasteiger partial charge is 0.193 e. The van der Waals surface area contributed by atoms with Gasteiger partial charge in [0, 0.05) is 12.2 Å². The molecule has 0 unspecified atom stereocenters. The van der Waals surface area contributed by atoms with E-state index in [9.17, 15) is 8.42 Å². The summed E-state index contributed by atoms with van der Waals surface area (Å²) in [5.41, 5.74) is 6.70. The lowest BCUT2D eigenvalue weighted by Gasteiger charge is -2.20. The lowest BCUT2D eigenvalue weighted by Crippen LogP contribution is -2.25. The van der Waals surface area contributed by atoms with E-state index in [0.29, 0.717) is 29.9 Å². The number of nitrogens with zero attached hydrogens (tertiary/aromatic N) is 1. The lowest BCUT2D eigenvalue weighted by atomic mass is 9.99. The van der Waals surface area contributed by atoms with Crippen molar-refractivity contribution in [3.05, 3.63) is 24.3 Å². The van der Waals surface area contributed by atoms with Gasteiger partial charge in [-0.25, -0.2) is 8.42 Å². The zero-order valence-electron chi connectivity index (χ0n) is 12.8. The highest BCUT2D eigenvalue weighted by Gasteiger charge is 2.22. The van der Waals surface area contributed by atoms with Gasteiger partial charge < -0.3 is 15.8 Å². The number of aliphatic imine (C=N–C) groups is 1. The summed E-state index contributed by atoms with van der Waals surface area (Å²) in [6.07, 6.45) is 2.36. The lowest BCUT2D eigenvalue weighted by molar-refractivity contribution is 0.415. The number of hydrogen-bond acceptors (Lipinski definition) is 4. The number of anilines is 1.